The van der Waals surface area contributed by atoms with E-state index >= 15 is 0 Å². The molecule has 0 spiro atoms. The molecule has 0 saturated heterocycles. The third kappa shape index (κ3) is 10.5. The van der Waals surface area contributed by atoms with Crippen LogP contribution in [0.1, 0.15) is 37.8 Å². The van der Waals surface area contributed by atoms with Crippen molar-refractivity contribution in [1.82, 2.24) is 19.8 Å². The molecule has 2 rings (SSSR count). The first kappa shape index (κ1) is 34.8. The minimum atomic E-state index is -3.59. The van der Waals surface area contributed by atoms with Gasteiger partial charge in [-0.05, 0) is 36.1 Å². The number of hydrogen-bond donors (Lipinski definition) is 5. The first-order valence-electron chi connectivity index (χ1n) is 14.2. The molecule has 3 amide bonds. The summed E-state index contributed by atoms with van der Waals surface area (Å²) in [5.74, 6) is -1.39. The van der Waals surface area contributed by atoms with E-state index in [1.165, 1.54) is 21.3 Å². The van der Waals surface area contributed by atoms with Gasteiger partial charge in [0.1, 0.15) is 6.04 Å². The number of benzene rings is 2. The molecular weight excluding hydrogens is 558 g/mol. The average molecular weight is 604 g/mol. The average Bonchev–Trinajstić information content (AvgIpc) is 2.98. The van der Waals surface area contributed by atoms with E-state index in [9.17, 15) is 22.8 Å². The largest absolute Gasteiger partial charge is 0.350 e. The molecule has 0 aliphatic rings. The van der Waals surface area contributed by atoms with E-state index in [0.717, 1.165) is 5.56 Å². The summed E-state index contributed by atoms with van der Waals surface area (Å²) < 4.78 is 26.9. The number of rotatable bonds is 18. The van der Waals surface area contributed by atoms with Gasteiger partial charge in [-0.25, -0.2) is 8.42 Å². The minimum absolute atomic E-state index is 0.125. The lowest BCUT2D eigenvalue weighted by molar-refractivity contribution is -0.135. The highest BCUT2D eigenvalue weighted by molar-refractivity contribution is 7.89. The van der Waals surface area contributed by atoms with Crippen molar-refractivity contribution < 1.29 is 22.8 Å². The van der Waals surface area contributed by atoms with Gasteiger partial charge < -0.3 is 32.7 Å². The lowest BCUT2D eigenvalue weighted by Crippen LogP contribution is -2.53. The highest BCUT2D eigenvalue weighted by Gasteiger charge is 2.27. The van der Waals surface area contributed by atoms with Gasteiger partial charge in [0, 0.05) is 45.8 Å². The quantitative estimate of drug-likeness (QED) is 0.156. The van der Waals surface area contributed by atoms with Crippen LogP contribution in [0.4, 0.5) is 0 Å². The van der Waals surface area contributed by atoms with Crippen LogP contribution in [0.3, 0.4) is 0 Å². The first-order chi connectivity index (χ1) is 20.1. The standard InChI is InChI=1S/C29H45N7O5S/c1-3-36(4-2)42(40,41)24-13-10-23(11-14-24)21-33-29(39)26(15-12-22-8-6-5-7-9-22)34-28(38)25(32)20-27(37)35(18-16-30)19-17-31/h5-11,13-14,25-26H,3-4,12,15-21,30-32H2,1-2H3,(H,33,39)(H,34,38). The summed E-state index contributed by atoms with van der Waals surface area (Å²) in [7, 11) is -3.59. The maximum atomic E-state index is 13.2. The van der Waals surface area contributed by atoms with Crippen LogP contribution in [0.5, 0.6) is 0 Å². The van der Waals surface area contributed by atoms with Gasteiger partial charge in [0.05, 0.1) is 17.4 Å². The summed E-state index contributed by atoms with van der Waals surface area (Å²) in [5.41, 5.74) is 18.9. The Morgan fingerprint density at radius 1 is 0.857 bits per heavy atom. The Bertz CT molecular complexity index is 1230. The lowest BCUT2D eigenvalue weighted by Gasteiger charge is -2.24. The van der Waals surface area contributed by atoms with Gasteiger partial charge >= 0.3 is 0 Å². The Morgan fingerprint density at radius 2 is 1.45 bits per heavy atom. The van der Waals surface area contributed by atoms with E-state index in [1.807, 2.05) is 30.3 Å². The number of nitrogens with one attached hydrogen (secondary N) is 2. The van der Waals surface area contributed by atoms with Crippen LogP contribution in [-0.2, 0) is 37.4 Å². The second-order valence-corrected chi connectivity index (χ2v) is 11.7. The SMILES string of the molecule is CCN(CC)S(=O)(=O)c1ccc(CNC(=O)C(CCc2ccccc2)NC(=O)C(N)CC(=O)N(CCN)CCN)cc1. The third-order valence-corrected chi connectivity index (χ3v) is 8.88. The fourth-order valence-electron chi connectivity index (χ4n) is 4.39. The predicted molar refractivity (Wildman–Crippen MR) is 162 cm³/mol. The number of carbonyl (C=O) groups excluding carboxylic acids is 3. The Kier molecular flexibility index (Phi) is 14.6. The molecule has 2 unspecified atom stereocenters. The van der Waals surface area contributed by atoms with E-state index in [4.69, 9.17) is 17.2 Å². The molecule has 2 aromatic carbocycles. The topological polar surface area (TPSA) is 194 Å². The van der Waals surface area contributed by atoms with Crippen molar-refractivity contribution in [3.05, 3.63) is 65.7 Å². The second-order valence-electron chi connectivity index (χ2n) is 9.81. The summed E-state index contributed by atoms with van der Waals surface area (Å²) in [6.45, 7) is 5.52. The van der Waals surface area contributed by atoms with Gasteiger partial charge in [-0.2, -0.15) is 4.31 Å². The maximum Gasteiger partial charge on any atom is 0.243 e. The second kappa shape index (κ2) is 17.6. The van der Waals surface area contributed by atoms with Gasteiger partial charge in [-0.1, -0.05) is 56.3 Å². The van der Waals surface area contributed by atoms with Crippen LogP contribution in [0.15, 0.2) is 59.5 Å². The van der Waals surface area contributed by atoms with Gasteiger partial charge in [-0.3, -0.25) is 14.4 Å². The molecule has 0 bridgehead atoms. The Hall–Kier alpha value is -3.36. The highest BCUT2D eigenvalue weighted by atomic mass is 32.2. The van der Waals surface area contributed by atoms with Gasteiger partial charge in [-0.15, -0.1) is 0 Å². The summed E-state index contributed by atoms with van der Waals surface area (Å²) >= 11 is 0. The molecule has 0 radical (unpaired) electrons. The Labute approximate surface area is 249 Å². The summed E-state index contributed by atoms with van der Waals surface area (Å²) in [4.78, 5) is 40.4. The van der Waals surface area contributed by atoms with E-state index in [-0.39, 0.29) is 36.9 Å². The smallest absolute Gasteiger partial charge is 0.243 e. The van der Waals surface area contributed by atoms with Crippen molar-refractivity contribution in [3.8, 4) is 0 Å². The number of nitrogens with zero attached hydrogens (tertiary/aromatic N) is 2. The summed E-state index contributed by atoms with van der Waals surface area (Å²) in [6, 6.07) is 13.8. The van der Waals surface area contributed by atoms with Crippen LogP contribution in [0.25, 0.3) is 0 Å². The van der Waals surface area contributed by atoms with Crippen LogP contribution in [0.2, 0.25) is 0 Å². The molecule has 12 nitrogen and oxygen atoms in total. The number of aryl methyl sites for hydroxylation is 1. The molecule has 2 aromatic rings. The number of hydrogen-bond acceptors (Lipinski definition) is 8. The molecule has 0 aromatic heterocycles. The van der Waals surface area contributed by atoms with Crippen LogP contribution in [0, 0.1) is 0 Å². The van der Waals surface area contributed by atoms with Crippen molar-refractivity contribution in [3.63, 3.8) is 0 Å². The fourth-order valence-corrected chi connectivity index (χ4v) is 5.85. The molecule has 8 N–H and O–H groups in total. The van der Waals surface area contributed by atoms with Gasteiger partial charge in [0.2, 0.25) is 27.7 Å². The molecule has 0 aliphatic heterocycles. The first-order valence-corrected chi connectivity index (χ1v) is 15.7. The lowest BCUT2D eigenvalue weighted by atomic mass is 10.0. The van der Waals surface area contributed by atoms with E-state index in [0.29, 0.717) is 44.6 Å². The van der Waals surface area contributed by atoms with E-state index in [2.05, 4.69) is 10.6 Å². The molecule has 0 heterocycles. The molecule has 0 aliphatic carbocycles. The van der Waals surface area contributed by atoms with Gasteiger partial charge in [0.25, 0.3) is 0 Å². The third-order valence-electron chi connectivity index (χ3n) is 6.81. The van der Waals surface area contributed by atoms with Crippen molar-refractivity contribution in [1.29, 1.82) is 0 Å². The monoisotopic (exact) mass is 603 g/mol. The molecule has 2 atom stereocenters. The maximum absolute atomic E-state index is 13.2. The highest BCUT2D eigenvalue weighted by Crippen LogP contribution is 2.16. The number of amides is 3. The summed E-state index contributed by atoms with van der Waals surface area (Å²) in [5, 5.41) is 5.52. The number of carbonyl (C=O) groups is 3. The molecule has 232 valence electrons. The zero-order valence-corrected chi connectivity index (χ0v) is 25.3. The van der Waals surface area contributed by atoms with Crippen LogP contribution >= 0.6 is 0 Å². The zero-order chi connectivity index (χ0) is 31.1. The zero-order valence-electron chi connectivity index (χ0n) is 24.5. The van der Waals surface area contributed by atoms with Crippen LogP contribution < -0.4 is 27.8 Å². The fraction of sp³-hybridized carbons (Fsp3) is 0.483. The normalized spacial score (nSPS) is 12.9. The number of nitrogens with two attached hydrogens (primary N) is 3. The Morgan fingerprint density at radius 3 is 2.00 bits per heavy atom. The summed E-state index contributed by atoms with van der Waals surface area (Å²) in [6.07, 6.45) is 0.573. The van der Waals surface area contributed by atoms with E-state index < -0.39 is 33.9 Å². The van der Waals surface area contributed by atoms with Crippen molar-refractivity contribution in [2.45, 2.75) is 56.6 Å². The molecule has 42 heavy (non-hydrogen) atoms. The minimum Gasteiger partial charge on any atom is -0.350 e. The van der Waals surface area contributed by atoms with Crippen molar-refractivity contribution in [2.75, 3.05) is 39.3 Å². The van der Waals surface area contributed by atoms with E-state index in [1.54, 1.807) is 26.0 Å². The molecular formula is C29H45N7O5S. The van der Waals surface area contributed by atoms with Gasteiger partial charge in [0.15, 0.2) is 0 Å². The molecule has 13 heteroatoms. The Balaban J connectivity index is 2.09. The van der Waals surface area contributed by atoms with Crippen molar-refractivity contribution in [2.24, 2.45) is 17.2 Å². The van der Waals surface area contributed by atoms with Crippen LogP contribution in [-0.4, -0.2) is 86.7 Å². The van der Waals surface area contributed by atoms with Crippen molar-refractivity contribution >= 4 is 27.7 Å². The predicted octanol–water partition coefficient (Wildman–Crippen LogP) is -0.0857. The molecule has 0 fully saturated rings. The number of sulfonamides is 1. The molecule has 0 saturated carbocycles.